The third-order valence-electron chi connectivity index (χ3n) is 6.22. The number of amides is 1. The van der Waals surface area contributed by atoms with Gasteiger partial charge >= 0.3 is 6.09 Å². The lowest BCUT2D eigenvalue weighted by molar-refractivity contribution is 0.147. The second kappa shape index (κ2) is 8.57. The first-order valence-electron chi connectivity index (χ1n) is 11.2. The molecule has 1 N–H and O–H groups in total. The standard InChI is InChI=1S/C27H26FN3O3/c1-27(2)17-31(26(33)34-16-19-6-4-3-5-7-19)23-13-20(12-18-8-10-21(28)11-9-18)25-29-22(15-32)14-30(25)24(23)27/h3-11,13-14,32H,12,15-17H2,1-2H3. The third-order valence-corrected chi connectivity index (χ3v) is 6.22. The van der Waals surface area contributed by atoms with E-state index in [1.54, 1.807) is 17.0 Å². The lowest BCUT2D eigenvalue weighted by atomic mass is 9.90. The monoisotopic (exact) mass is 459 g/mol. The predicted molar refractivity (Wildman–Crippen MR) is 127 cm³/mol. The summed E-state index contributed by atoms with van der Waals surface area (Å²) in [6, 6.07) is 17.9. The summed E-state index contributed by atoms with van der Waals surface area (Å²) in [6.45, 7) is 4.62. The second-order valence-corrected chi connectivity index (χ2v) is 9.30. The van der Waals surface area contributed by atoms with Crippen molar-refractivity contribution in [2.75, 3.05) is 11.4 Å². The topological polar surface area (TPSA) is 67.1 Å². The average Bonchev–Trinajstić information content (AvgIpc) is 3.38. The van der Waals surface area contributed by atoms with Crippen molar-refractivity contribution in [3.05, 3.63) is 101 Å². The number of aromatic nitrogens is 2. The van der Waals surface area contributed by atoms with Gasteiger partial charge < -0.3 is 14.2 Å². The molecular weight excluding hydrogens is 433 g/mol. The molecule has 174 valence electrons. The highest BCUT2D eigenvalue weighted by molar-refractivity contribution is 5.92. The number of aliphatic hydroxyl groups excluding tert-OH is 1. The van der Waals surface area contributed by atoms with Gasteiger partial charge in [-0.3, -0.25) is 4.90 Å². The average molecular weight is 460 g/mol. The highest BCUT2D eigenvalue weighted by atomic mass is 19.1. The summed E-state index contributed by atoms with van der Waals surface area (Å²) >= 11 is 0. The maximum Gasteiger partial charge on any atom is 0.414 e. The number of aliphatic hydroxyl groups is 1. The summed E-state index contributed by atoms with van der Waals surface area (Å²) in [6.07, 6.45) is 1.92. The van der Waals surface area contributed by atoms with Crippen molar-refractivity contribution in [2.24, 2.45) is 0 Å². The first-order valence-corrected chi connectivity index (χ1v) is 11.2. The first-order chi connectivity index (χ1) is 16.4. The molecule has 34 heavy (non-hydrogen) atoms. The number of hydrogen-bond donors (Lipinski definition) is 1. The molecule has 1 aliphatic heterocycles. The molecule has 0 spiro atoms. The fourth-order valence-electron chi connectivity index (χ4n) is 4.67. The van der Waals surface area contributed by atoms with Crippen LogP contribution in [0.4, 0.5) is 14.9 Å². The van der Waals surface area contributed by atoms with Crippen LogP contribution in [0.2, 0.25) is 0 Å². The van der Waals surface area contributed by atoms with Crippen LogP contribution in [0.25, 0.3) is 5.65 Å². The van der Waals surface area contributed by atoms with Crippen molar-refractivity contribution in [3.63, 3.8) is 0 Å². The van der Waals surface area contributed by atoms with Crippen LogP contribution in [0.1, 0.15) is 41.9 Å². The number of carbonyl (C=O) groups is 1. The Morgan fingerprint density at radius 2 is 1.85 bits per heavy atom. The molecule has 5 rings (SSSR count). The van der Waals surface area contributed by atoms with Gasteiger partial charge in [0, 0.05) is 30.1 Å². The van der Waals surface area contributed by atoms with Gasteiger partial charge in [-0.05, 0) is 29.3 Å². The lowest BCUT2D eigenvalue weighted by Crippen LogP contribution is -2.34. The minimum atomic E-state index is -0.412. The Labute approximate surface area is 197 Å². The number of pyridine rings is 1. The zero-order chi connectivity index (χ0) is 23.9. The molecule has 1 amide bonds. The SMILES string of the molecule is CC1(C)CN(C(=O)OCc2ccccc2)c2cc(Cc3ccc(F)cc3)c3nc(CO)cn3c21. The van der Waals surface area contributed by atoms with Crippen molar-refractivity contribution in [2.45, 2.75) is 38.9 Å². The van der Waals surface area contributed by atoms with Gasteiger partial charge in [-0.2, -0.15) is 0 Å². The molecular formula is C27H26FN3O3. The maximum atomic E-state index is 13.4. The number of anilines is 1. The minimum Gasteiger partial charge on any atom is -0.444 e. The molecule has 0 bridgehead atoms. The van der Waals surface area contributed by atoms with Gasteiger partial charge in [0.05, 0.1) is 23.7 Å². The van der Waals surface area contributed by atoms with E-state index >= 15 is 0 Å². The number of benzene rings is 2. The molecule has 0 saturated heterocycles. The van der Waals surface area contributed by atoms with Crippen LogP contribution in [0.5, 0.6) is 0 Å². The Balaban J connectivity index is 1.56. The smallest absolute Gasteiger partial charge is 0.414 e. The number of nitrogens with zero attached hydrogens (tertiary/aromatic N) is 3. The van der Waals surface area contributed by atoms with Crippen molar-refractivity contribution in [3.8, 4) is 0 Å². The Bertz CT molecular complexity index is 1350. The molecule has 0 unspecified atom stereocenters. The summed E-state index contributed by atoms with van der Waals surface area (Å²) in [4.78, 5) is 19.5. The predicted octanol–water partition coefficient (Wildman–Crippen LogP) is 4.99. The van der Waals surface area contributed by atoms with Gasteiger partial charge in [-0.25, -0.2) is 14.2 Å². The molecule has 0 radical (unpaired) electrons. The normalized spacial score (nSPS) is 14.4. The van der Waals surface area contributed by atoms with Crippen LogP contribution in [0.3, 0.4) is 0 Å². The maximum absolute atomic E-state index is 13.4. The van der Waals surface area contributed by atoms with Crippen molar-refractivity contribution in [1.29, 1.82) is 0 Å². The highest BCUT2D eigenvalue weighted by Crippen LogP contribution is 2.42. The number of halogens is 1. The molecule has 0 saturated carbocycles. The molecule has 0 fully saturated rings. The molecule has 6 nitrogen and oxygen atoms in total. The van der Waals surface area contributed by atoms with Crippen molar-refractivity contribution in [1.82, 2.24) is 9.38 Å². The largest absolute Gasteiger partial charge is 0.444 e. The molecule has 3 heterocycles. The van der Waals surface area contributed by atoms with Crippen LogP contribution in [0, 0.1) is 5.82 Å². The highest BCUT2D eigenvalue weighted by Gasteiger charge is 2.41. The first kappa shape index (κ1) is 22.1. The van der Waals surface area contributed by atoms with E-state index in [0.29, 0.717) is 18.7 Å². The molecule has 1 aliphatic rings. The number of carbonyl (C=O) groups excluding carboxylic acids is 1. The van der Waals surface area contributed by atoms with E-state index in [1.165, 1.54) is 12.1 Å². The number of rotatable bonds is 5. The number of fused-ring (bicyclic) bond motifs is 3. The second-order valence-electron chi connectivity index (χ2n) is 9.30. The zero-order valence-electron chi connectivity index (χ0n) is 19.2. The van der Waals surface area contributed by atoms with Crippen molar-refractivity contribution < 1.29 is 19.0 Å². The van der Waals surface area contributed by atoms with E-state index in [1.807, 2.05) is 47.0 Å². The number of hydrogen-bond acceptors (Lipinski definition) is 4. The Kier molecular flexibility index (Phi) is 5.57. The lowest BCUT2D eigenvalue weighted by Gasteiger charge is -2.20. The van der Waals surface area contributed by atoms with Gasteiger partial charge in [0.25, 0.3) is 0 Å². The summed E-state index contributed by atoms with van der Waals surface area (Å²) in [5.74, 6) is -0.291. The van der Waals surface area contributed by atoms with E-state index in [-0.39, 0.29) is 24.4 Å². The van der Waals surface area contributed by atoms with E-state index in [9.17, 15) is 14.3 Å². The van der Waals surface area contributed by atoms with Crippen LogP contribution in [-0.2, 0) is 29.8 Å². The van der Waals surface area contributed by atoms with Crippen LogP contribution >= 0.6 is 0 Å². The van der Waals surface area contributed by atoms with Crippen molar-refractivity contribution >= 4 is 17.4 Å². The van der Waals surface area contributed by atoms with Gasteiger partial charge in [-0.1, -0.05) is 56.3 Å². The Morgan fingerprint density at radius 1 is 1.12 bits per heavy atom. The van der Waals surface area contributed by atoms with E-state index in [2.05, 4.69) is 18.8 Å². The van der Waals surface area contributed by atoms with E-state index < -0.39 is 6.09 Å². The molecule has 0 aliphatic carbocycles. The summed E-state index contributed by atoms with van der Waals surface area (Å²) in [7, 11) is 0. The number of imidazole rings is 1. The third kappa shape index (κ3) is 4.03. The number of ether oxygens (including phenoxy) is 1. The summed E-state index contributed by atoms with van der Waals surface area (Å²) in [5, 5.41) is 9.74. The zero-order valence-corrected chi connectivity index (χ0v) is 19.2. The van der Waals surface area contributed by atoms with Gasteiger partial charge in [0.2, 0.25) is 0 Å². The van der Waals surface area contributed by atoms with Gasteiger partial charge in [-0.15, -0.1) is 0 Å². The summed E-state index contributed by atoms with van der Waals surface area (Å²) in [5.41, 5.74) is 5.33. The molecule has 2 aromatic carbocycles. The fraction of sp³-hybridized carbons (Fsp3) is 0.259. The van der Waals surface area contributed by atoms with Crippen LogP contribution < -0.4 is 4.90 Å². The quantitative estimate of drug-likeness (QED) is 0.457. The summed E-state index contributed by atoms with van der Waals surface area (Å²) < 4.78 is 21.1. The molecule has 0 atom stereocenters. The molecule has 4 aromatic rings. The Morgan fingerprint density at radius 3 is 2.56 bits per heavy atom. The molecule has 2 aromatic heterocycles. The van der Waals surface area contributed by atoms with E-state index in [4.69, 9.17) is 4.74 Å². The van der Waals surface area contributed by atoms with Gasteiger partial charge in [0.1, 0.15) is 18.1 Å². The molecule has 7 heteroatoms. The van der Waals surface area contributed by atoms with E-state index in [0.717, 1.165) is 33.7 Å². The minimum absolute atomic E-state index is 0.185. The van der Waals surface area contributed by atoms with Gasteiger partial charge in [0.15, 0.2) is 0 Å². The van der Waals surface area contributed by atoms with Crippen LogP contribution in [0.15, 0.2) is 66.9 Å². The van der Waals surface area contributed by atoms with Crippen LogP contribution in [-0.4, -0.2) is 27.1 Å². The Hall–Kier alpha value is -3.71. The fourth-order valence-corrected chi connectivity index (χ4v) is 4.67.